The number of nitrogens with zero attached hydrogens (tertiary/aromatic N) is 4. The van der Waals surface area contributed by atoms with Gasteiger partial charge >= 0.3 is 0 Å². The van der Waals surface area contributed by atoms with Crippen LogP contribution >= 0.6 is 12.2 Å². The van der Waals surface area contributed by atoms with Crippen LogP contribution in [0.5, 0.6) is 0 Å². The van der Waals surface area contributed by atoms with Crippen LogP contribution in [-0.2, 0) is 17.8 Å². The molecule has 0 amide bonds. The van der Waals surface area contributed by atoms with Gasteiger partial charge in [0.15, 0.2) is 5.11 Å². The summed E-state index contributed by atoms with van der Waals surface area (Å²) in [7, 11) is 0. The second kappa shape index (κ2) is 8.53. The predicted molar refractivity (Wildman–Crippen MR) is 119 cm³/mol. The van der Waals surface area contributed by atoms with Gasteiger partial charge in [-0.1, -0.05) is 12.1 Å². The summed E-state index contributed by atoms with van der Waals surface area (Å²) < 4.78 is 8.22. The highest BCUT2D eigenvalue weighted by Gasteiger charge is 2.41. The smallest absolute Gasteiger partial charge is 0.170 e. The quantitative estimate of drug-likeness (QED) is 0.616. The van der Waals surface area contributed by atoms with Gasteiger partial charge in [0.05, 0.1) is 36.1 Å². The van der Waals surface area contributed by atoms with Crippen molar-refractivity contribution in [1.82, 2.24) is 24.8 Å². The first kappa shape index (κ1) is 19.2. The van der Waals surface area contributed by atoms with E-state index >= 15 is 0 Å². The summed E-state index contributed by atoms with van der Waals surface area (Å²) in [5.41, 5.74) is 3.19. The highest BCUT2D eigenvalue weighted by atomic mass is 32.1. The van der Waals surface area contributed by atoms with E-state index in [1.165, 1.54) is 5.69 Å². The normalized spacial score (nSPS) is 23.7. The molecule has 0 saturated carbocycles. The number of aromatic nitrogens is 3. The fraction of sp³-hybridized carbons (Fsp3) is 0.348. The monoisotopic (exact) mass is 419 g/mol. The van der Waals surface area contributed by atoms with Crippen molar-refractivity contribution in [3.05, 3.63) is 84.2 Å². The van der Waals surface area contributed by atoms with Gasteiger partial charge in [0, 0.05) is 37.4 Å². The highest BCUT2D eigenvalue weighted by Crippen LogP contribution is 2.39. The minimum atomic E-state index is -0.0273. The van der Waals surface area contributed by atoms with Crippen molar-refractivity contribution in [1.29, 1.82) is 0 Å². The molecular weight excluding hydrogens is 394 g/mol. The Morgan fingerprint density at radius 2 is 1.93 bits per heavy atom. The number of ether oxygens (including phenoxy) is 1. The lowest BCUT2D eigenvalue weighted by atomic mass is 10.0. The molecule has 0 bridgehead atoms. The molecule has 0 unspecified atom stereocenters. The van der Waals surface area contributed by atoms with Crippen molar-refractivity contribution in [2.24, 2.45) is 0 Å². The summed E-state index contributed by atoms with van der Waals surface area (Å²) in [5.74, 6) is 0. The van der Waals surface area contributed by atoms with Gasteiger partial charge in [0.1, 0.15) is 0 Å². The van der Waals surface area contributed by atoms with E-state index in [1.54, 1.807) is 0 Å². The van der Waals surface area contributed by atoms with E-state index in [0.29, 0.717) is 6.54 Å². The van der Waals surface area contributed by atoms with Crippen molar-refractivity contribution in [3.63, 3.8) is 0 Å². The van der Waals surface area contributed by atoms with E-state index in [-0.39, 0.29) is 18.2 Å². The van der Waals surface area contributed by atoms with E-state index in [0.717, 1.165) is 42.5 Å². The van der Waals surface area contributed by atoms with E-state index in [1.807, 2.05) is 42.7 Å². The lowest BCUT2D eigenvalue weighted by Gasteiger charge is -2.29. The number of thiocarbonyl (C=S) groups is 1. The highest BCUT2D eigenvalue weighted by molar-refractivity contribution is 7.80. The van der Waals surface area contributed by atoms with Crippen LogP contribution in [0.15, 0.2) is 67.1 Å². The number of nitrogens with one attached hydrogen (secondary N) is 1. The lowest BCUT2D eigenvalue weighted by Crippen LogP contribution is -2.31. The molecule has 0 aromatic carbocycles. The zero-order chi connectivity index (χ0) is 20.3. The van der Waals surface area contributed by atoms with Crippen LogP contribution in [0.3, 0.4) is 0 Å². The molecule has 3 atom stereocenters. The topological polar surface area (TPSA) is 55.2 Å². The predicted octanol–water partition coefficient (Wildman–Crippen LogP) is 3.63. The molecule has 0 aliphatic carbocycles. The molecule has 5 heterocycles. The molecule has 2 fully saturated rings. The number of hydrogen-bond donors (Lipinski definition) is 1. The molecule has 2 aliphatic rings. The third-order valence-electron chi connectivity index (χ3n) is 5.85. The van der Waals surface area contributed by atoms with E-state index in [4.69, 9.17) is 17.0 Å². The Bertz CT molecular complexity index is 987. The van der Waals surface area contributed by atoms with Crippen molar-refractivity contribution in [2.45, 2.75) is 44.1 Å². The molecule has 3 aromatic rings. The molecule has 2 saturated heterocycles. The van der Waals surface area contributed by atoms with Crippen molar-refractivity contribution < 1.29 is 4.74 Å². The molecule has 3 aromatic heterocycles. The lowest BCUT2D eigenvalue weighted by molar-refractivity contribution is 0.0952. The van der Waals surface area contributed by atoms with Gasteiger partial charge in [-0.25, -0.2) is 0 Å². The summed E-state index contributed by atoms with van der Waals surface area (Å²) in [6.45, 7) is 2.36. The Balaban J connectivity index is 1.51. The van der Waals surface area contributed by atoms with Gasteiger partial charge in [0.2, 0.25) is 0 Å². The van der Waals surface area contributed by atoms with Crippen LogP contribution < -0.4 is 5.32 Å². The second-order valence-corrected chi connectivity index (χ2v) is 8.18. The van der Waals surface area contributed by atoms with Gasteiger partial charge in [-0.05, 0) is 61.5 Å². The zero-order valence-electron chi connectivity index (χ0n) is 16.7. The molecular formula is C23H25N5OS. The number of rotatable bonds is 6. The maximum absolute atomic E-state index is 5.90. The van der Waals surface area contributed by atoms with Gasteiger partial charge < -0.3 is 19.5 Å². The van der Waals surface area contributed by atoms with Crippen molar-refractivity contribution >= 4 is 17.3 Å². The second-order valence-electron chi connectivity index (χ2n) is 7.80. The maximum atomic E-state index is 5.90. The Morgan fingerprint density at radius 1 is 1.07 bits per heavy atom. The summed E-state index contributed by atoms with van der Waals surface area (Å²) in [5, 5.41) is 4.25. The first-order valence-corrected chi connectivity index (χ1v) is 10.8. The SMILES string of the molecule is S=C1N[C@@H](c2ccccn2)[C@@H](c2cccn2C[C@@H]2CCCO2)N1Cc1ccccn1. The largest absolute Gasteiger partial charge is 0.376 e. The first-order chi connectivity index (χ1) is 14.8. The van der Waals surface area contributed by atoms with E-state index in [2.05, 4.69) is 49.1 Å². The van der Waals surface area contributed by atoms with Gasteiger partial charge in [-0.2, -0.15) is 0 Å². The van der Waals surface area contributed by atoms with Gasteiger partial charge in [-0.15, -0.1) is 0 Å². The Morgan fingerprint density at radius 3 is 2.67 bits per heavy atom. The van der Waals surface area contributed by atoms with Crippen LogP contribution in [0.2, 0.25) is 0 Å². The number of hydrogen-bond acceptors (Lipinski definition) is 4. The average molecular weight is 420 g/mol. The first-order valence-electron chi connectivity index (χ1n) is 10.4. The Hall–Kier alpha value is -2.77. The van der Waals surface area contributed by atoms with Crippen LogP contribution in [0, 0.1) is 0 Å². The molecule has 30 heavy (non-hydrogen) atoms. The summed E-state index contributed by atoms with van der Waals surface area (Å²) in [6, 6.07) is 16.3. The molecule has 7 heteroatoms. The molecule has 1 N–H and O–H groups in total. The van der Waals surface area contributed by atoms with E-state index < -0.39 is 0 Å². The minimum Gasteiger partial charge on any atom is -0.376 e. The summed E-state index contributed by atoms with van der Waals surface area (Å²) >= 11 is 5.78. The Kier molecular flexibility index (Phi) is 5.46. The summed E-state index contributed by atoms with van der Waals surface area (Å²) in [6.07, 6.45) is 8.33. The molecule has 0 radical (unpaired) electrons. The Labute approximate surface area is 181 Å². The van der Waals surface area contributed by atoms with Crippen molar-refractivity contribution in [3.8, 4) is 0 Å². The fourth-order valence-electron chi connectivity index (χ4n) is 4.43. The fourth-order valence-corrected chi connectivity index (χ4v) is 4.74. The van der Waals surface area contributed by atoms with Crippen LogP contribution in [-0.4, -0.2) is 37.3 Å². The third-order valence-corrected chi connectivity index (χ3v) is 6.20. The van der Waals surface area contributed by atoms with Crippen molar-refractivity contribution in [2.75, 3.05) is 6.61 Å². The number of pyridine rings is 2. The van der Waals surface area contributed by atoms with Gasteiger partial charge in [-0.3, -0.25) is 9.97 Å². The molecule has 5 rings (SSSR count). The standard InChI is InChI=1S/C23H25N5OS/c30-23-26-21(19-9-2-4-12-25-19)22(28(23)15-17-7-1-3-11-24-17)20-10-5-13-27(20)16-18-8-6-14-29-18/h1-5,7,9-13,18,21-22H,6,8,14-16H2,(H,26,30)/t18-,21-,22+/m0/s1. The zero-order valence-corrected chi connectivity index (χ0v) is 17.5. The average Bonchev–Trinajstić information content (AvgIpc) is 3.52. The molecule has 2 aliphatic heterocycles. The van der Waals surface area contributed by atoms with E-state index in [9.17, 15) is 0 Å². The van der Waals surface area contributed by atoms with Crippen LogP contribution in [0.1, 0.15) is 42.0 Å². The molecule has 6 nitrogen and oxygen atoms in total. The maximum Gasteiger partial charge on any atom is 0.170 e. The molecule has 0 spiro atoms. The summed E-state index contributed by atoms with van der Waals surface area (Å²) in [4.78, 5) is 11.4. The third kappa shape index (κ3) is 3.82. The van der Waals surface area contributed by atoms with Crippen LogP contribution in [0.4, 0.5) is 0 Å². The van der Waals surface area contributed by atoms with Crippen LogP contribution in [0.25, 0.3) is 0 Å². The minimum absolute atomic E-state index is 0.0193. The van der Waals surface area contributed by atoms with Gasteiger partial charge in [0.25, 0.3) is 0 Å². The molecule has 154 valence electrons.